The van der Waals surface area contributed by atoms with Crippen LogP contribution in [0.2, 0.25) is 0 Å². The van der Waals surface area contributed by atoms with Crippen molar-refractivity contribution in [2.75, 3.05) is 20.4 Å². The average Bonchev–Trinajstić information content (AvgIpc) is 3.54. The summed E-state index contributed by atoms with van der Waals surface area (Å²) in [6.45, 7) is 0.751. The number of aromatic amines is 2. The van der Waals surface area contributed by atoms with Crippen molar-refractivity contribution in [3.8, 4) is 33.8 Å². The number of pyridine rings is 3. The van der Waals surface area contributed by atoms with Gasteiger partial charge in [0.15, 0.2) is 0 Å². The molecule has 0 aliphatic heterocycles. The molecule has 0 amide bonds. The SMILES string of the molecule is CN(C)Cc1cncc(-c2cc3c(-c4cc5c(-c6cc(F)cc(CNS(C)(=O)=O)c6)cncc5[nH]4)n[nH]c3cn2)c1. The van der Waals surface area contributed by atoms with Gasteiger partial charge in [0.25, 0.3) is 0 Å². The summed E-state index contributed by atoms with van der Waals surface area (Å²) in [6, 6.07) is 10.5. The number of halogens is 1. The van der Waals surface area contributed by atoms with Crippen molar-refractivity contribution in [2.24, 2.45) is 0 Å². The van der Waals surface area contributed by atoms with Gasteiger partial charge in [0, 0.05) is 53.6 Å². The Hall–Kier alpha value is -4.52. The van der Waals surface area contributed by atoms with Crippen LogP contribution in [0.3, 0.4) is 0 Å². The lowest BCUT2D eigenvalue weighted by molar-refractivity contribution is 0.402. The fraction of sp³-hybridized carbons (Fsp3) is 0.172. The van der Waals surface area contributed by atoms with E-state index in [9.17, 15) is 12.8 Å². The molecule has 12 heteroatoms. The minimum Gasteiger partial charge on any atom is -0.352 e. The fourth-order valence-electron chi connectivity index (χ4n) is 4.89. The predicted molar refractivity (Wildman–Crippen MR) is 157 cm³/mol. The molecule has 0 aliphatic carbocycles. The van der Waals surface area contributed by atoms with E-state index in [4.69, 9.17) is 0 Å². The van der Waals surface area contributed by atoms with E-state index < -0.39 is 15.8 Å². The lowest BCUT2D eigenvalue weighted by Crippen LogP contribution is -2.21. The molecule has 0 atom stereocenters. The summed E-state index contributed by atoms with van der Waals surface area (Å²) >= 11 is 0. The first-order valence-corrected chi connectivity index (χ1v) is 14.7. The Kier molecular flexibility index (Phi) is 6.81. The third-order valence-corrected chi connectivity index (χ3v) is 7.31. The second-order valence-electron chi connectivity index (χ2n) is 10.3. The van der Waals surface area contributed by atoms with Gasteiger partial charge in [0.1, 0.15) is 11.5 Å². The Morgan fingerprint density at radius 1 is 0.878 bits per heavy atom. The van der Waals surface area contributed by atoms with Gasteiger partial charge >= 0.3 is 0 Å². The molecule has 0 fully saturated rings. The summed E-state index contributed by atoms with van der Waals surface area (Å²) in [7, 11) is 0.602. The molecule has 0 bridgehead atoms. The minimum atomic E-state index is -3.42. The lowest BCUT2D eigenvalue weighted by Gasteiger charge is -2.10. The molecule has 0 aliphatic rings. The van der Waals surface area contributed by atoms with Crippen LogP contribution in [0.25, 0.3) is 55.6 Å². The predicted octanol–water partition coefficient (Wildman–Crippen LogP) is 4.48. The third kappa shape index (κ3) is 5.71. The molecule has 3 N–H and O–H groups in total. The highest BCUT2D eigenvalue weighted by molar-refractivity contribution is 7.88. The molecule has 5 aromatic heterocycles. The van der Waals surface area contributed by atoms with Gasteiger partial charge in [-0.15, -0.1) is 0 Å². The number of hydrogen-bond acceptors (Lipinski definition) is 7. The van der Waals surface area contributed by atoms with Crippen LogP contribution in [-0.2, 0) is 23.1 Å². The Balaban J connectivity index is 1.40. The second kappa shape index (κ2) is 10.5. The van der Waals surface area contributed by atoms with Crippen LogP contribution in [0.1, 0.15) is 11.1 Å². The van der Waals surface area contributed by atoms with E-state index in [0.29, 0.717) is 22.4 Å². The number of aromatic nitrogens is 6. The highest BCUT2D eigenvalue weighted by Crippen LogP contribution is 2.35. The van der Waals surface area contributed by atoms with Crippen LogP contribution < -0.4 is 4.72 Å². The van der Waals surface area contributed by atoms with Gasteiger partial charge < -0.3 is 9.88 Å². The maximum atomic E-state index is 14.6. The number of rotatable bonds is 8. The topological polar surface area (TPSA) is 133 Å². The van der Waals surface area contributed by atoms with E-state index in [1.807, 2.05) is 32.4 Å². The first-order chi connectivity index (χ1) is 19.6. The lowest BCUT2D eigenvalue weighted by atomic mass is 10.0. The first-order valence-electron chi connectivity index (χ1n) is 12.8. The van der Waals surface area contributed by atoms with Crippen LogP contribution in [0, 0.1) is 5.82 Å². The smallest absolute Gasteiger partial charge is 0.209 e. The van der Waals surface area contributed by atoms with E-state index >= 15 is 0 Å². The molecule has 6 aromatic rings. The number of H-pyrrole nitrogens is 2. The monoisotopic (exact) mass is 570 g/mol. The van der Waals surface area contributed by atoms with Crippen LogP contribution in [-0.4, -0.2) is 63.8 Å². The number of benzene rings is 1. The number of sulfonamides is 1. The third-order valence-electron chi connectivity index (χ3n) is 6.64. The van der Waals surface area contributed by atoms with E-state index in [-0.39, 0.29) is 6.54 Å². The zero-order valence-electron chi connectivity index (χ0n) is 22.6. The summed E-state index contributed by atoms with van der Waals surface area (Å²) in [4.78, 5) is 18.9. The molecule has 0 radical (unpaired) electrons. The number of nitrogens with one attached hydrogen (secondary N) is 3. The maximum Gasteiger partial charge on any atom is 0.209 e. The average molecular weight is 571 g/mol. The standard InChI is InChI=1S/C29H27FN8O2S/c1-38(2)16-18-5-20(12-31-10-18)25-9-23-28(15-33-25)36-37-29(23)26-8-22-24(13-32-14-27(22)35-26)19-4-17(6-21(30)7-19)11-34-41(3,39)40/h4-10,12-15,34-35H,11,16H2,1-3H3,(H,36,37). The van der Waals surface area contributed by atoms with E-state index in [1.165, 1.54) is 12.1 Å². The highest BCUT2D eigenvalue weighted by Gasteiger charge is 2.16. The summed E-state index contributed by atoms with van der Waals surface area (Å²) in [5.41, 5.74) is 7.57. The molecule has 41 heavy (non-hydrogen) atoms. The Bertz CT molecular complexity index is 2020. The van der Waals surface area contributed by atoms with Crippen molar-refractivity contribution in [1.29, 1.82) is 0 Å². The van der Waals surface area contributed by atoms with Crippen LogP contribution in [0.5, 0.6) is 0 Å². The van der Waals surface area contributed by atoms with Crippen molar-refractivity contribution in [3.05, 3.63) is 84.3 Å². The van der Waals surface area contributed by atoms with E-state index in [2.05, 4.69) is 45.8 Å². The zero-order chi connectivity index (χ0) is 28.7. The quantitative estimate of drug-likeness (QED) is 0.246. The fourth-order valence-corrected chi connectivity index (χ4v) is 5.32. The number of fused-ring (bicyclic) bond motifs is 2. The molecular formula is C29H27FN8O2S. The summed E-state index contributed by atoms with van der Waals surface area (Å²) in [5, 5.41) is 9.34. The molecule has 5 heterocycles. The normalized spacial score (nSPS) is 12.1. The first kappa shape index (κ1) is 26.7. The van der Waals surface area contributed by atoms with Crippen molar-refractivity contribution >= 4 is 31.8 Å². The Morgan fingerprint density at radius 3 is 2.49 bits per heavy atom. The molecule has 0 spiro atoms. The van der Waals surface area contributed by atoms with Crippen molar-refractivity contribution < 1.29 is 12.8 Å². The van der Waals surface area contributed by atoms with Gasteiger partial charge in [-0.05, 0) is 67.2 Å². The number of hydrogen-bond donors (Lipinski definition) is 3. The molecule has 0 unspecified atom stereocenters. The van der Waals surface area contributed by atoms with Gasteiger partial charge in [-0.1, -0.05) is 0 Å². The molecule has 10 nitrogen and oxygen atoms in total. The molecule has 0 saturated heterocycles. The molecule has 1 aromatic carbocycles. The van der Waals surface area contributed by atoms with Gasteiger partial charge in [0.05, 0.1) is 41.1 Å². The molecular weight excluding hydrogens is 543 g/mol. The van der Waals surface area contributed by atoms with Gasteiger partial charge in [-0.25, -0.2) is 17.5 Å². The molecule has 208 valence electrons. The Labute approximate surface area is 235 Å². The van der Waals surface area contributed by atoms with Crippen molar-refractivity contribution in [1.82, 2.24) is 39.8 Å². The number of nitrogens with zero attached hydrogens (tertiary/aromatic N) is 5. The largest absolute Gasteiger partial charge is 0.352 e. The molecule has 6 rings (SSSR count). The van der Waals surface area contributed by atoms with Crippen molar-refractivity contribution in [2.45, 2.75) is 13.1 Å². The Morgan fingerprint density at radius 2 is 1.68 bits per heavy atom. The minimum absolute atomic E-state index is 0.0193. The summed E-state index contributed by atoms with van der Waals surface area (Å²) < 4.78 is 40.1. The second-order valence-corrected chi connectivity index (χ2v) is 12.1. The van der Waals surface area contributed by atoms with Crippen molar-refractivity contribution in [3.63, 3.8) is 0 Å². The van der Waals surface area contributed by atoms with Gasteiger partial charge in [-0.3, -0.25) is 20.1 Å². The van der Waals surface area contributed by atoms with E-state index in [1.54, 1.807) is 30.9 Å². The van der Waals surface area contributed by atoms with Crippen LogP contribution >= 0.6 is 0 Å². The summed E-state index contributed by atoms with van der Waals surface area (Å²) in [6.07, 6.45) is 9.85. The zero-order valence-corrected chi connectivity index (χ0v) is 23.4. The van der Waals surface area contributed by atoms with Gasteiger partial charge in [-0.2, -0.15) is 5.10 Å². The molecule has 0 saturated carbocycles. The van der Waals surface area contributed by atoms with E-state index in [0.717, 1.165) is 57.1 Å². The highest BCUT2D eigenvalue weighted by atomic mass is 32.2. The van der Waals surface area contributed by atoms with Gasteiger partial charge in [0.2, 0.25) is 10.0 Å². The maximum absolute atomic E-state index is 14.6. The van der Waals surface area contributed by atoms with Crippen LogP contribution in [0.4, 0.5) is 4.39 Å². The summed E-state index contributed by atoms with van der Waals surface area (Å²) in [5.74, 6) is -0.469. The van der Waals surface area contributed by atoms with Crippen LogP contribution in [0.15, 0.2) is 67.4 Å².